The first-order valence-corrected chi connectivity index (χ1v) is 12.8. The molecule has 1 amide bonds. The van der Waals surface area contributed by atoms with Gasteiger partial charge in [-0.3, -0.25) is 4.79 Å². The maximum atomic E-state index is 13.5. The lowest BCUT2D eigenvalue weighted by molar-refractivity contribution is 0.102. The molecule has 1 atom stereocenters. The van der Waals surface area contributed by atoms with E-state index in [2.05, 4.69) is 10.4 Å². The highest BCUT2D eigenvalue weighted by Crippen LogP contribution is 2.33. The van der Waals surface area contributed by atoms with Gasteiger partial charge in [0, 0.05) is 5.56 Å². The number of aryl methyl sites for hydroxylation is 1. The number of para-hydroxylation sites is 1. The fraction of sp³-hybridized carbons (Fsp3) is 0.208. The number of nitrogens with one attached hydrogen (secondary N) is 1. The summed E-state index contributed by atoms with van der Waals surface area (Å²) in [6.45, 7) is 1.76. The Balaban J connectivity index is 1.69. The van der Waals surface area contributed by atoms with Gasteiger partial charge in [-0.15, -0.1) is 0 Å². The summed E-state index contributed by atoms with van der Waals surface area (Å²) in [4.78, 5) is 18.1. The van der Waals surface area contributed by atoms with Crippen molar-refractivity contribution in [2.45, 2.75) is 19.4 Å². The van der Waals surface area contributed by atoms with E-state index in [1.165, 1.54) is 12.1 Å². The van der Waals surface area contributed by atoms with Gasteiger partial charge >= 0.3 is 0 Å². The molecule has 1 fully saturated rings. The first-order chi connectivity index (χ1) is 16.2. The van der Waals surface area contributed by atoms with Gasteiger partial charge in [0.05, 0.1) is 50.6 Å². The second kappa shape index (κ2) is 8.48. The molecular weight excluding hydrogens is 479 g/mol. The highest BCUT2D eigenvalue weighted by atomic mass is 35.5. The molecule has 0 bridgehead atoms. The Morgan fingerprint density at radius 3 is 2.59 bits per heavy atom. The lowest BCUT2D eigenvalue weighted by Gasteiger charge is -2.13. The second-order valence-electron chi connectivity index (χ2n) is 8.28. The maximum absolute atomic E-state index is 13.5. The van der Waals surface area contributed by atoms with E-state index in [4.69, 9.17) is 16.6 Å². The first kappa shape index (κ1) is 22.5. The average molecular weight is 499 g/mol. The molecule has 34 heavy (non-hydrogen) atoms. The summed E-state index contributed by atoms with van der Waals surface area (Å²) in [5, 5.41) is 8.33. The average Bonchev–Trinajstić information content (AvgIpc) is 3.34. The van der Waals surface area contributed by atoms with E-state index < -0.39 is 21.6 Å². The van der Waals surface area contributed by atoms with Crippen LogP contribution in [-0.4, -0.2) is 40.6 Å². The van der Waals surface area contributed by atoms with Crippen molar-refractivity contribution < 1.29 is 17.6 Å². The van der Waals surface area contributed by atoms with E-state index in [1.807, 2.05) is 0 Å². The molecule has 10 heteroatoms. The van der Waals surface area contributed by atoms with Gasteiger partial charge in [-0.25, -0.2) is 22.5 Å². The number of pyridine rings is 1. The molecule has 2 aromatic heterocycles. The molecule has 174 valence electrons. The number of halogens is 2. The van der Waals surface area contributed by atoms with Crippen LogP contribution in [0.2, 0.25) is 5.02 Å². The predicted octanol–water partition coefficient (Wildman–Crippen LogP) is 4.81. The van der Waals surface area contributed by atoms with Gasteiger partial charge in [0.25, 0.3) is 5.91 Å². The first-order valence-electron chi connectivity index (χ1n) is 10.6. The monoisotopic (exact) mass is 498 g/mol. The molecule has 4 aromatic rings. The molecular formula is C24H20ClFN4O3S. The molecule has 1 N–H and O–H groups in total. The molecule has 1 saturated heterocycles. The van der Waals surface area contributed by atoms with Gasteiger partial charge in [0.1, 0.15) is 5.82 Å². The molecule has 2 aromatic carbocycles. The number of carbonyl (C=O) groups is 1. The smallest absolute Gasteiger partial charge is 0.256 e. The predicted molar refractivity (Wildman–Crippen MR) is 129 cm³/mol. The summed E-state index contributed by atoms with van der Waals surface area (Å²) >= 11 is 6.23. The highest BCUT2D eigenvalue weighted by molar-refractivity contribution is 7.91. The fourth-order valence-corrected chi connectivity index (χ4v) is 6.11. The number of amides is 1. The molecule has 1 aliphatic heterocycles. The SMILES string of the molecule is Cc1nn(C2CCS(=O)(=O)C2)c2nc(-c3ccc(F)cc3)cc(C(=O)Nc3ccccc3Cl)c12. The minimum absolute atomic E-state index is 0.0349. The van der Waals surface area contributed by atoms with Crippen LogP contribution >= 0.6 is 11.6 Å². The van der Waals surface area contributed by atoms with Gasteiger partial charge in [0.2, 0.25) is 0 Å². The Morgan fingerprint density at radius 2 is 1.91 bits per heavy atom. The molecule has 3 heterocycles. The van der Waals surface area contributed by atoms with Gasteiger partial charge in [-0.2, -0.15) is 5.10 Å². The number of rotatable bonds is 4. The zero-order valence-electron chi connectivity index (χ0n) is 18.1. The summed E-state index contributed by atoms with van der Waals surface area (Å²) in [5.41, 5.74) is 2.79. The number of aromatic nitrogens is 3. The molecule has 0 saturated carbocycles. The van der Waals surface area contributed by atoms with Crippen LogP contribution in [-0.2, 0) is 9.84 Å². The minimum atomic E-state index is -3.17. The number of sulfone groups is 1. The van der Waals surface area contributed by atoms with Crippen molar-refractivity contribution in [1.82, 2.24) is 14.8 Å². The summed E-state index contributed by atoms with van der Waals surface area (Å²) in [6.07, 6.45) is 0.419. The number of anilines is 1. The molecule has 0 aliphatic carbocycles. The Morgan fingerprint density at radius 1 is 1.18 bits per heavy atom. The van der Waals surface area contributed by atoms with Crippen molar-refractivity contribution in [3.8, 4) is 11.3 Å². The zero-order chi connectivity index (χ0) is 24.0. The van der Waals surface area contributed by atoms with E-state index >= 15 is 0 Å². The van der Waals surface area contributed by atoms with Crippen LogP contribution in [0.15, 0.2) is 54.6 Å². The highest BCUT2D eigenvalue weighted by Gasteiger charge is 2.32. The van der Waals surface area contributed by atoms with E-state index in [1.54, 1.807) is 54.1 Å². The summed E-state index contributed by atoms with van der Waals surface area (Å²) < 4.78 is 39.4. The summed E-state index contributed by atoms with van der Waals surface area (Å²) in [7, 11) is -3.17. The largest absolute Gasteiger partial charge is 0.321 e. The number of carbonyl (C=O) groups excluding carboxylic acids is 1. The van der Waals surface area contributed by atoms with Gasteiger partial charge in [0.15, 0.2) is 15.5 Å². The quantitative estimate of drug-likeness (QED) is 0.435. The Bertz CT molecular complexity index is 1530. The van der Waals surface area contributed by atoms with E-state index in [-0.39, 0.29) is 17.5 Å². The fourth-order valence-electron chi connectivity index (χ4n) is 4.24. The molecule has 1 aliphatic rings. The maximum Gasteiger partial charge on any atom is 0.256 e. The van der Waals surface area contributed by atoms with Gasteiger partial charge in [-0.05, 0) is 55.8 Å². The van der Waals surface area contributed by atoms with Crippen molar-refractivity contribution in [1.29, 1.82) is 0 Å². The number of nitrogens with zero attached hydrogens (tertiary/aromatic N) is 3. The van der Waals surface area contributed by atoms with E-state index in [9.17, 15) is 17.6 Å². The van der Waals surface area contributed by atoms with Crippen molar-refractivity contribution in [2.75, 3.05) is 16.8 Å². The molecule has 1 unspecified atom stereocenters. The van der Waals surface area contributed by atoms with Crippen LogP contribution < -0.4 is 5.32 Å². The van der Waals surface area contributed by atoms with Crippen LogP contribution in [0.25, 0.3) is 22.3 Å². The van der Waals surface area contributed by atoms with Crippen molar-refractivity contribution >= 4 is 44.1 Å². The van der Waals surface area contributed by atoms with Crippen molar-refractivity contribution in [3.05, 3.63) is 76.7 Å². The van der Waals surface area contributed by atoms with Crippen LogP contribution in [0.5, 0.6) is 0 Å². The zero-order valence-corrected chi connectivity index (χ0v) is 19.7. The van der Waals surface area contributed by atoms with E-state index in [0.717, 1.165) is 0 Å². The molecule has 5 rings (SSSR count). The van der Waals surface area contributed by atoms with Crippen LogP contribution in [0.3, 0.4) is 0 Å². The Kier molecular flexibility index (Phi) is 5.61. The summed E-state index contributed by atoms with van der Waals surface area (Å²) in [6, 6.07) is 13.9. The number of hydrogen-bond donors (Lipinski definition) is 1. The van der Waals surface area contributed by atoms with Crippen molar-refractivity contribution in [2.24, 2.45) is 0 Å². The second-order valence-corrected chi connectivity index (χ2v) is 10.9. The topological polar surface area (TPSA) is 93.9 Å². The third-order valence-electron chi connectivity index (χ3n) is 5.90. The lowest BCUT2D eigenvalue weighted by Crippen LogP contribution is -2.15. The van der Waals surface area contributed by atoms with E-state index in [0.29, 0.717) is 50.7 Å². The molecule has 7 nitrogen and oxygen atoms in total. The van der Waals surface area contributed by atoms with Gasteiger partial charge < -0.3 is 5.32 Å². The Hall–Kier alpha value is -3.30. The third kappa shape index (κ3) is 4.17. The number of hydrogen-bond acceptors (Lipinski definition) is 5. The standard InChI is InChI=1S/C24H20ClFN4O3S/c1-14-22-18(24(31)28-20-5-3-2-4-19(20)25)12-21(15-6-8-16(26)9-7-15)27-23(22)30(29-14)17-10-11-34(32,33)13-17/h2-9,12,17H,10-11,13H2,1H3,(H,28,31). The summed E-state index contributed by atoms with van der Waals surface area (Å²) in [5.74, 6) is -0.758. The Labute approximate surface area is 200 Å². The molecule has 0 radical (unpaired) electrons. The van der Waals surface area contributed by atoms with Crippen LogP contribution in [0.4, 0.5) is 10.1 Å². The van der Waals surface area contributed by atoms with Crippen LogP contribution in [0, 0.1) is 12.7 Å². The third-order valence-corrected chi connectivity index (χ3v) is 7.98. The normalized spacial score (nSPS) is 17.2. The lowest BCUT2D eigenvalue weighted by atomic mass is 10.0. The van der Waals surface area contributed by atoms with Crippen molar-refractivity contribution in [3.63, 3.8) is 0 Å². The number of fused-ring (bicyclic) bond motifs is 1. The van der Waals surface area contributed by atoms with Gasteiger partial charge in [-0.1, -0.05) is 23.7 Å². The number of benzene rings is 2. The minimum Gasteiger partial charge on any atom is -0.321 e. The van der Waals surface area contributed by atoms with Crippen LogP contribution in [0.1, 0.15) is 28.5 Å². The molecule has 0 spiro atoms.